The van der Waals surface area contributed by atoms with E-state index >= 15 is 0 Å². The van der Waals surface area contributed by atoms with Crippen LogP contribution in [0.25, 0.3) is 11.1 Å². The maximum atomic E-state index is 12.6. The van der Waals surface area contributed by atoms with Gasteiger partial charge in [-0.2, -0.15) is 0 Å². The summed E-state index contributed by atoms with van der Waals surface area (Å²) < 4.78 is 0. The summed E-state index contributed by atoms with van der Waals surface area (Å²) in [4.78, 5) is 23.9. The lowest BCUT2D eigenvalue weighted by Crippen LogP contribution is -2.31. The first-order valence-electron chi connectivity index (χ1n) is 11.2. The average Bonchev–Trinajstić information content (AvgIpc) is 3.15. The maximum Gasteiger partial charge on any atom is 0.251 e. The van der Waals surface area contributed by atoms with Crippen LogP contribution in [0, 0.1) is 0 Å². The average molecular weight is 432 g/mol. The summed E-state index contributed by atoms with van der Waals surface area (Å²) in [6, 6.07) is 32.8. The van der Waals surface area contributed by atoms with Crippen molar-refractivity contribution in [2.45, 2.75) is 25.3 Å². The summed E-state index contributed by atoms with van der Waals surface area (Å²) in [7, 11) is 0. The standard InChI is InChI=1S/C30H25NO2/c1-20(2)31-29(33)22-13-17-24(18-14-22)30(23-15-11-21(19-32)12-16-23)27-9-5-3-7-25(27)26-8-4-6-10-28(26)30/h3-20H,1-2H3,(H,31,33). The molecule has 0 radical (unpaired) electrons. The molecule has 0 spiro atoms. The van der Waals surface area contributed by atoms with Gasteiger partial charge in [-0.15, -0.1) is 0 Å². The van der Waals surface area contributed by atoms with Crippen molar-refractivity contribution in [1.29, 1.82) is 0 Å². The quantitative estimate of drug-likeness (QED) is 0.347. The van der Waals surface area contributed by atoms with E-state index in [1.165, 1.54) is 22.3 Å². The van der Waals surface area contributed by atoms with E-state index in [-0.39, 0.29) is 11.9 Å². The predicted molar refractivity (Wildman–Crippen MR) is 132 cm³/mol. The second-order valence-corrected chi connectivity index (χ2v) is 8.79. The first kappa shape index (κ1) is 20.9. The molecule has 1 amide bonds. The second-order valence-electron chi connectivity index (χ2n) is 8.79. The number of hydrogen-bond acceptors (Lipinski definition) is 2. The van der Waals surface area contributed by atoms with Gasteiger partial charge in [-0.3, -0.25) is 9.59 Å². The minimum absolute atomic E-state index is 0.0758. The Bertz CT molecular complexity index is 1290. The molecule has 1 N–H and O–H groups in total. The Morgan fingerprint density at radius 2 is 1.21 bits per heavy atom. The van der Waals surface area contributed by atoms with Crippen molar-refractivity contribution in [3.63, 3.8) is 0 Å². The predicted octanol–water partition coefficient (Wildman–Crippen LogP) is 6.00. The van der Waals surface area contributed by atoms with Crippen molar-refractivity contribution in [3.8, 4) is 11.1 Å². The normalized spacial score (nSPS) is 13.3. The molecule has 0 saturated heterocycles. The van der Waals surface area contributed by atoms with E-state index in [1.54, 1.807) is 0 Å². The molecule has 162 valence electrons. The molecule has 0 heterocycles. The molecule has 33 heavy (non-hydrogen) atoms. The number of rotatable bonds is 5. The lowest BCUT2D eigenvalue weighted by Gasteiger charge is -2.34. The van der Waals surface area contributed by atoms with Gasteiger partial charge in [0.2, 0.25) is 0 Å². The number of nitrogens with one attached hydrogen (secondary N) is 1. The molecule has 0 saturated carbocycles. The van der Waals surface area contributed by atoms with Crippen molar-refractivity contribution in [2.24, 2.45) is 0 Å². The van der Waals surface area contributed by atoms with Gasteiger partial charge in [0, 0.05) is 17.2 Å². The fourth-order valence-corrected chi connectivity index (χ4v) is 5.05. The van der Waals surface area contributed by atoms with Crippen LogP contribution in [0.3, 0.4) is 0 Å². The summed E-state index contributed by atoms with van der Waals surface area (Å²) in [6.07, 6.45) is 0.870. The molecule has 4 aromatic carbocycles. The van der Waals surface area contributed by atoms with E-state index in [0.29, 0.717) is 11.1 Å². The van der Waals surface area contributed by atoms with Crippen molar-refractivity contribution in [3.05, 3.63) is 130 Å². The van der Waals surface area contributed by atoms with Crippen LogP contribution in [0.5, 0.6) is 0 Å². The number of aldehydes is 1. The van der Waals surface area contributed by atoms with Crippen LogP contribution in [0.15, 0.2) is 97.1 Å². The number of benzene rings is 4. The van der Waals surface area contributed by atoms with Crippen LogP contribution in [-0.2, 0) is 5.41 Å². The van der Waals surface area contributed by atoms with Crippen molar-refractivity contribution in [2.75, 3.05) is 0 Å². The van der Waals surface area contributed by atoms with Gasteiger partial charge in [0.15, 0.2) is 0 Å². The molecular weight excluding hydrogens is 406 g/mol. The van der Waals surface area contributed by atoms with Gasteiger partial charge in [-0.05, 0) is 59.4 Å². The monoisotopic (exact) mass is 431 g/mol. The highest BCUT2D eigenvalue weighted by molar-refractivity contribution is 5.94. The molecule has 1 aliphatic carbocycles. The molecule has 3 nitrogen and oxygen atoms in total. The smallest absolute Gasteiger partial charge is 0.251 e. The van der Waals surface area contributed by atoms with E-state index < -0.39 is 5.41 Å². The third-order valence-corrected chi connectivity index (χ3v) is 6.43. The van der Waals surface area contributed by atoms with E-state index in [9.17, 15) is 9.59 Å². The number of amides is 1. The molecule has 0 unspecified atom stereocenters. The summed E-state index contributed by atoms with van der Waals surface area (Å²) in [5.74, 6) is -0.0758. The molecule has 0 bridgehead atoms. The van der Waals surface area contributed by atoms with Crippen LogP contribution in [0.2, 0.25) is 0 Å². The Morgan fingerprint density at radius 1 is 0.727 bits per heavy atom. The van der Waals surface area contributed by atoms with Gasteiger partial charge in [0.1, 0.15) is 6.29 Å². The zero-order chi connectivity index (χ0) is 23.0. The highest BCUT2D eigenvalue weighted by atomic mass is 16.1. The largest absolute Gasteiger partial charge is 0.350 e. The van der Waals surface area contributed by atoms with Crippen molar-refractivity contribution in [1.82, 2.24) is 5.32 Å². The van der Waals surface area contributed by atoms with E-state index in [4.69, 9.17) is 0 Å². The fourth-order valence-electron chi connectivity index (χ4n) is 5.05. The Hall–Kier alpha value is -3.98. The lowest BCUT2D eigenvalue weighted by atomic mass is 9.67. The Morgan fingerprint density at radius 3 is 1.70 bits per heavy atom. The summed E-state index contributed by atoms with van der Waals surface area (Å²) >= 11 is 0. The van der Waals surface area contributed by atoms with Gasteiger partial charge in [0.05, 0.1) is 5.41 Å². The van der Waals surface area contributed by atoms with Crippen LogP contribution >= 0.6 is 0 Å². The zero-order valence-electron chi connectivity index (χ0n) is 18.7. The topological polar surface area (TPSA) is 46.2 Å². The molecular formula is C30H25NO2. The third-order valence-electron chi connectivity index (χ3n) is 6.43. The minimum Gasteiger partial charge on any atom is -0.350 e. The zero-order valence-corrected chi connectivity index (χ0v) is 18.7. The molecule has 5 rings (SSSR count). The maximum absolute atomic E-state index is 12.6. The van der Waals surface area contributed by atoms with E-state index in [0.717, 1.165) is 17.4 Å². The number of fused-ring (bicyclic) bond motifs is 3. The molecule has 3 heteroatoms. The molecule has 0 fully saturated rings. The van der Waals surface area contributed by atoms with Crippen LogP contribution in [0.1, 0.15) is 56.8 Å². The second kappa shape index (κ2) is 8.18. The first-order chi connectivity index (χ1) is 16.1. The SMILES string of the molecule is CC(C)NC(=O)c1ccc(C2(c3ccc(C=O)cc3)c3ccccc3-c3ccccc32)cc1. The first-order valence-corrected chi connectivity index (χ1v) is 11.2. The summed E-state index contributed by atoms with van der Waals surface area (Å²) in [5.41, 5.74) is 7.72. The van der Waals surface area contributed by atoms with Crippen LogP contribution in [0.4, 0.5) is 0 Å². The number of carbonyl (C=O) groups excluding carboxylic acids is 2. The third kappa shape index (κ3) is 3.28. The fraction of sp³-hybridized carbons (Fsp3) is 0.133. The van der Waals surface area contributed by atoms with Gasteiger partial charge in [-0.25, -0.2) is 0 Å². The van der Waals surface area contributed by atoms with Crippen LogP contribution in [-0.4, -0.2) is 18.2 Å². The van der Waals surface area contributed by atoms with E-state index in [2.05, 4.69) is 66.0 Å². The highest BCUT2D eigenvalue weighted by Gasteiger charge is 2.45. The Kier molecular flexibility index (Phi) is 5.18. The molecule has 4 aromatic rings. The molecule has 1 aliphatic rings. The molecule has 0 aromatic heterocycles. The van der Waals surface area contributed by atoms with Gasteiger partial charge in [-0.1, -0.05) is 84.9 Å². The van der Waals surface area contributed by atoms with Gasteiger partial charge >= 0.3 is 0 Å². The Balaban J connectivity index is 1.77. The summed E-state index contributed by atoms with van der Waals surface area (Å²) in [6.45, 7) is 3.91. The molecule has 0 atom stereocenters. The van der Waals surface area contributed by atoms with E-state index in [1.807, 2.05) is 50.2 Å². The molecule has 0 aliphatic heterocycles. The number of hydrogen-bond donors (Lipinski definition) is 1. The minimum atomic E-state index is -0.540. The number of carbonyl (C=O) groups is 2. The lowest BCUT2D eigenvalue weighted by molar-refractivity contribution is 0.0942. The Labute approximate surface area is 194 Å². The van der Waals surface area contributed by atoms with Gasteiger partial charge in [0.25, 0.3) is 5.91 Å². The van der Waals surface area contributed by atoms with Gasteiger partial charge < -0.3 is 5.32 Å². The highest BCUT2D eigenvalue weighted by Crippen LogP contribution is 2.55. The van der Waals surface area contributed by atoms with Crippen LogP contribution < -0.4 is 5.32 Å². The van der Waals surface area contributed by atoms with Crippen molar-refractivity contribution < 1.29 is 9.59 Å². The van der Waals surface area contributed by atoms with Crippen molar-refractivity contribution >= 4 is 12.2 Å². The summed E-state index contributed by atoms with van der Waals surface area (Å²) in [5, 5.41) is 2.96.